The monoisotopic (exact) mass is 462 g/mol. The number of carbonyl (C=O) groups is 2. The highest BCUT2D eigenvalue weighted by atomic mass is 16.5. The maximum absolute atomic E-state index is 12.9. The van der Waals surface area contributed by atoms with Gasteiger partial charge in [-0.3, -0.25) is 9.69 Å². The number of aromatic nitrogens is 2. The summed E-state index contributed by atoms with van der Waals surface area (Å²) in [5.41, 5.74) is 3.92. The molecule has 4 rings (SSSR count). The van der Waals surface area contributed by atoms with Gasteiger partial charge in [-0.05, 0) is 70.5 Å². The highest BCUT2D eigenvalue weighted by molar-refractivity contribution is 5.97. The number of aryl methyl sites for hydroxylation is 1. The second-order valence-corrected chi connectivity index (χ2v) is 8.62. The summed E-state index contributed by atoms with van der Waals surface area (Å²) in [4.78, 5) is 31.8. The summed E-state index contributed by atoms with van der Waals surface area (Å²) in [7, 11) is 0. The number of anilines is 1. The number of nitrogens with zero attached hydrogens (tertiary/aromatic N) is 3. The summed E-state index contributed by atoms with van der Waals surface area (Å²) in [6, 6.07) is 13.3. The Morgan fingerprint density at radius 1 is 1.15 bits per heavy atom. The van der Waals surface area contributed by atoms with Crippen molar-refractivity contribution in [2.24, 2.45) is 5.92 Å². The van der Waals surface area contributed by atoms with Crippen molar-refractivity contribution in [1.29, 1.82) is 0 Å². The molecule has 1 fully saturated rings. The molecular formula is C26H30N4O4. The molecule has 1 aromatic heterocycles. The minimum Gasteiger partial charge on any atom is -0.462 e. The van der Waals surface area contributed by atoms with Crippen LogP contribution in [0.1, 0.15) is 47.1 Å². The molecule has 3 aromatic rings. The summed E-state index contributed by atoms with van der Waals surface area (Å²) >= 11 is 0. The molecule has 1 aliphatic heterocycles. The lowest BCUT2D eigenvalue weighted by molar-refractivity contribution is -0.121. The number of hydrogen-bond donors (Lipinski definition) is 1. The number of amides is 1. The van der Waals surface area contributed by atoms with E-state index in [2.05, 4.69) is 20.4 Å². The number of benzene rings is 2. The average molecular weight is 463 g/mol. The van der Waals surface area contributed by atoms with Gasteiger partial charge in [0.2, 0.25) is 17.6 Å². The molecule has 0 atom stereocenters. The molecule has 1 amide bonds. The largest absolute Gasteiger partial charge is 0.462 e. The number of esters is 1. The van der Waals surface area contributed by atoms with E-state index in [1.54, 1.807) is 19.1 Å². The fourth-order valence-corrected chi connectivity index (χ4v) is 4.20. The first kappa shape index (κ1) is 23.6. The van der Waals surface area contributed by atoms with E-state index in [1.807, 2.05) is 44.2 Å². The molecule has 2 heterocycles. The summed E-state index contributed by atoms with van der Waals surface area (Å²) in [5, 5.41) is 7.11. The van der Waals surface area contributed by atoms with Crippen LogP contribution in [0.25, 0.3) is 11.4 Å². The number of likely N-dealkylation sites (tertiary alicyclic amines) is 1. The lowest BCUT2D eigenvalue weighted by atomic mass is 9.95. The molecule has 2 aromatic carbocycles. The summed E-state index contributed by atoms with van der Waals surface area (Å²) in [6.45, 7) is 8.03. The fraction of sp³-hybridized carbons (Fsp3) is 0.385. The molecular weight excluding hydrogens is 432 g/mol. The number of carbonyl (C=O) groups excluding carboxylic acids is 2. The number of rotatable bonds is 7. The molecule has 0 spiro atoms. The third-order valence-corrected chi connectivity index (χ3v) is 6.15. The van der Waals surface area contributed by atoms with Crippen molar-refractivity contribution >= 4 is 17.6 Å². The van der Waals surface area contributed by atoms with Gasteiger partial charge in [0.05, 0.1) is 18.7 Å². The van der Waals surface area contributed by atoms with Gasteiger partial charge < -0.3 is 14.6 Å². The zero-order chi connectivity index (χ0) is 24.1. The second kappa shape index (κ2) is 10.6. The van der Waals surface area contributed by atoms with Crippen LogP contribution in [-0.4, -0.2) is 46.6 Å². The Bertz CT molecular complexity index is 1170. The quantitative estimate of drug-likeness (QED) is 0.520. The number of piperidine rings is 1. The van der Waals surface area contributed by atoms with E-state index in [0.29, 0.717) is 41.7 Å². The second-order valence-electron chi connectivity index (χ2n) is 8.62. The van der Waals surface area contributed by atoms with Gasteiger partial charge in [0.25, 0.3) is 0 Å². The zero-order valence-corrected chi connectivity index (χ0v) is 19.8. The van der Waals surface area contributed by atoms with Crippen LogP contribution in [0.4, 0.5) is 5.69 Å². The maximum Gasteiger partial charge on any atom is 0.338 e. The normalized spacial score (nSPS) is 14.7. The topological polar surface area (TPSA) is 97.6 Å². The van der Waals surface area contributed by atoms with E-state index in [0.717, 1.165) is 37.1 Å². The van der Waals surface area contributed by atoms with Gasteiger partial charge in [-0.1, -0.05) is 35.0 Å². The van der Waals surface area contributed by atoms with Crippen LogP contribution in [0.3, 0.4) is 0 Å². The minimum absolute atomic E-state index is 0.0247. The van der Waals surface area contributed by atoms with Crippen LogP contribution >= 0.6 is 0 Å². The zero-order valence-electron chi connectivity index (χ0n) is 19.8. The van der Waals surface area contributed by atoms with E-state index in [4.69, 9.17) is 9.26 Å². The van der Waals surface area contributed by atoms with E-state index in [9.17, 15) is 9.59 Å². The standard InChI is InChI=1S/C26H30N4O4/c1-4-33-26(32)21-9-6-10-22(18(21)3)27-25(31)19-11-13-30(14-12-19)16-23-28-24(29-34-23)20-8-5-7-17(2)15-20/h5-10,15,19H,4,11-14,16H2,1-3H3,(H,27,31). The number of hydrogen-bond acceptors (Lipinski definition) is 7. The highest BCUT2D eigenvalue weighted by Gasteiger charge is 2.27. The van der Waals surface area contributed by atoms with Gasteiger partial charge in [0, 0.05) is 17.2 Å². The van der Waals surface area contributed by atoms with Crippen LogP contribution in [0, 0.1) is 19.8 Å². The summed E-state index contributed by atoms with van der Waals surface area (Å²) in [5.74, 6) is 0.672. The molecule has 0 radical (unpaired) electrons. The van der Waals surface area contributed by atoms with Gasteiger partial charge in [0.15, 0.2) is 0 Å². The molecule has 0 bridgehead atoms. The van der Waals surface area contributed by atoms with Crippen molar-refractivity contribution in [3.05, 3.63) is 65.0 Å². The molecule has 0 saturated carbocycles. The Balaban J connectivity index is 1.31. The Kier molecular flexibility index (Phi) is 7.37. The first-order valence-electron chi connectivity index (χ1n) is 11.6. The van der Waals surface area contributed by atoms with E-state index in [-0.39, 0.29) is 17.8 Å². The first-order valence-corrected chi connectivity index (χ1v) is 11.6. The van der Waals surface area contributed by atoms with Crippen LogP contribution in [0.2, 0.25) is 0 Å². The molecule has 1 saturated heterocycles. The van der Waals surface area contributed by atoms with Crippen LogP contribution in [-0.2, 0) is 16.1 Å². The van der Waals surface area contributed by atoms with Gasteiger partial charge in [-0.15, -0.1) is 0 Å². The summed E-state index contributed by atoms with van der Waals surface area (Å²) in [6.07, 6.45) is 1.47. The Labute approximate surface area is 199 Å². The molecule has 1 N–H and O–H groups in total. The van der Waals surface area contributed by atoms with Gasteiger partial charge in [-0.25, -0.2) is 4.79 Å². The van der Waals surface area contributed by atoms with E-state index < -0.39 is 0 Å². The SMILES string of the molecule is CCOC(=O)c1cccc(NC(=O)C2CCN(Cc3nc(-c4cccc(C)c4)no3)CC2)c1C. The summed E-state index contributed by atoms with van der Waals surface area (Å²) < 4.78 is 10.6. The van der Waals surface area contributed by atoms with E-state index in [1.165, 1.54) is 0 Å². The molecule has 0 aliphatic carbocycles. The molecule has 34 heavy (non-hydrogen) atoms. The number of nitrogens with one attached hydrogen (secondary N) is 1. The minimum atomic E-state index is -0.379. The molecule has 1 aliphatic rings. The molecule has 0 unspecified atom stereocenters. The van der Waals surface area contributed by atoms with E-state index >= 15 is 0 Å². The first-order chi connectivity index (χ1) is 16.4. The van der Waals surface area contributed by atoms with Gasteiger partial charge >= 0.3 is 5.97 Å². The Morgan fingerprint density at radius 2 is 1.91 bits per heavy atom. The van der Waals surface area contributed by atoms with Crippen molar-refractivity contribution in [1.82, 2.24) is 15.0 Å². The predicted molar refractivity (Wildman–Crippen MR) is 128 cm³/mol. The lowest BCUT2D eigenvalue weighted by Crippen LogP contribution is -2.38. The molecule has 8 heteroatoms. The van der Waals surface area contributed by atoms with Crippen molar-refractivity contribution in [2.75, 3.05) is 25.0 Å². The van der Waals surface area contributed by atoms with Crippen molar-refractivity contribution < 1.29 is 18.8 Å². The molecule has 8 nitrogen and oxygen atoms in total. The third kappa shape index (κ3) is 5.51. The van der Waals surface area contributed by atoms with Crippen molar-refractivity contribution in [3.8, 4) is 11.4 Å². The smallest absolute Gasteiger partial charge is 0.338 e. The maximum atomic E-state index is 12.9. The Hall–Kier alpha value is -3.52. The Morgan fingerprint density at radius 3 is 2.65 bits per heavy atom. The van der Waals surface area contributed by atoms with Crippen LogP contribution in [0.15, 0.2) is 47.0 Å². The van der Waals surface area contributed by atoms with Crippen LogP contribution in [0.5, 0.6) is 0 Å². The lowest BCUT2D eigenvalue weighted by Gasteiger charge is -2.30. The average Bonchev–Trinajstić information content (AvgIpc) is 3.29. The highest BCUT2D eigenvalue weighted by Crippen LogP contribution is 2.25. The van der Waals surface area contributed by atoms with Crippen LogP contribution < -0.4 is 5.32 Å². The van der Waals surface area contributed by atoms with Gasteiger partial charge in [0.1, 0.15) is 0 Å². The fourth-order valence-electron chi connectivity index (χ4n) is 4.20. The van der Waals surface area contributed by atoms with Gasteiger partial charge in [-0.2, -0.15) is 4.98 Å². The number of ether oxygens (including phenoxy) is 1. The predicted octanol–water partition coefficient (Wildman–Crippen LogP) is 4.38. The third-order valence-electron chi connectivity index (χ3n) is 6.15. The molecule has 178 valence electrons. The van der Waals surface area contributed by atoms with Crippen molar-refractivity contribution in [2.45, 2.75) is 40.2 Å². The van der Waals surface area contributed by atoms with Crippen molar-refractivity contribution in [3.63, 3.8) is 0 Å².